The van der Waals surface area contributed by atoms with Gasteiger partial charge in [0.15, 0.2) is 0 Å². The molecule has 2 heterocycles. The molecule has 4 rings (SSSR count). The van der Waals surface area contributed by atoms with Crippen LogP contribution in [0.5, 0.6) is 0 Å². The molecule has 1 saturated heterocycles. The molecule has 1 aliphatic heterocycles. The Kier molecular flexibility index (Phi) is 5.24. The highest BCUT2D eigenvalue weighted by Crippen LogP contribution is 2.45. The second-order valence-corrected chi connectivity index (χ2v) is 8.68. The fourth-order valence-corrected chi connectivity index (χ4v) is 5.34. The first-order valence-electron chi connectivity index (χ1n) is 9.73. The van der Waals surface area contributed by atoms with Crippen LogP contribution in [0.1, 0.15) is 53.2 Å². The molecule has 1 saturated carbocycles. The Morgan fingerprint density at radius 3 is 3.07 bits per heavy atom. The Morgan fingerprint density at radius 2 is 2.26 bits per heavy atom. The third-order valence-electron chi connectivity index (χ3n) is 6.04. The van der Waals surface area contributed by atoms with Crippen LogP contribution in [0, 0.1) is 12.8 Å². The van der Waals surface area contributed by atoms with Gasteiger partial charge in [0.1, 0.15) is 5.03 Å². The molecule has 2 fully saturated rings. The highest BCUT2D eigenvalue weighted by atomic mass is 32.2. The Bertz CT molecular complexity index is 836. The van der Waals surface area contributed by atoms with Crippen LogP contribution < -0.4 is 10.6 Å². The summed E-state index contributed by atoms with van der Waals surface area (Å²) >= 11 is 1.51. The second-order valence-electron chi connectivity index (χ2n) is 7.88. The van der Waals surface area contributed by atoms with E-state index in [4.69, 9.17) is 0 Å². The average molecular weight is 382 g/mol. The van der Waals surface area contributed by atoms with E-state index in [-0.39, 0.29) is 17.5 Å². The van der Waals surface area contributed by atoms with E-state index >= 15 is 0 Å². The van der Waals surface area contributed by atoms with Crippen molar-refractivity contribution >= 4 is 17.7 Å². The van der Waals surface area contributed by atoms with E-state index in [1.54, 1.807) is 6.20 Å². The van der Waals surface area contributed by atoms with Crippen molar-refractivity contribution < 1.29 is 4.79 Å². The molecule has 1 aliphatic carbocycles. The molecule has 3 atom stereocenters. The number of nitrogens with zero attached hydrogens (tertiary/aromatic N) is 1. The number of carbonyl (C=O) groups is 1. The normalized spacial score (nSPS) is 25.2. The van der Waals surface area contributed by atoms with E-state index < -0.39 is 0 Å². The predicted octanol–water partition coefficient (Wildman–Crippen LogP) is 4.12. The first-order chi connectivity index (χ1) is 13.1. The van der Waals surface area contributed by atoms with Crippen LogP contribution >= 0.6 is 11.8 Å². The summed E-state index contributed by atoms with van der Waals surface area (Å²) in [6.45, 7) is 3.17. The second kappa shape index (κ2) is 7.64. The molecular weight excluding hydrogens is 354 g/mol. The number of hydrogen-bond acceptors (Lipinski definition) is 4. The largest absolute Gasteiger partial charge is 0.343 e. The van der Waals surface area contributed by atoms with Crippen LogP contribution in [0.15, 0.2) is 47.6 Å². The number of fused-ring (bicyclic) bond motifs is 2. The molecular formula is C22H27N3OS. The van der Waals surface area contributed by atoms with E-state index in [1.807, 2.05) is 18.4 Å². The molecule has 1 amide bonds. The molecule has 0 spiro atoms. The van der Waals surface area contributed by atoms with Crippen molar-refractivity contribution in [2.75, 3.05) is 12.8 Å². The van der Waals surface area contributed by atoms with Crippen LogP contribution in [0.25, 0.3) is 0 Å². The van der Waals surface area contributed by atoms with Gasteiger partial charge in [0, 0.05) is 11.7 Å². The van der Waals surface area contributed by atoms with Gasteiger partial charge in [0.05, 0.1) is 11.6 Å². The smallest absolute Gasteiger partial charge is 0.254 e. The minimum Gasteiger partial charge on any atom is -0.343 e. The lowest BCUT2D eigenvalue weighted by Gasteiger charge is -2.41. The third-order valence-corrected chi connectivity index (χ3v) is 6.76. The van der Waals surface area contributed by atoms with Crippen molar-refractivity contribution in [3.05, 3.63) is 59.3 Å². The van der Waals surface area contributed by atoms with Gasteiger partial charge < -0.3 is 10.6 Å². The number of carbonyl (C=O) groups excluding carboxylic acids is 1. The highest BCUT2D eigenvalue weighted by Gasteiger charge is 2.48. The van der Waals surface area contributed by atoms with Crippen molar-refractivity contribution in [3.8, 4) is 0 Å². The van der Waals surface area contributed by atoms with Gasteiger partial charge in [0.2, 0.25) is 0 Å². The molecule has 2 aliphatic rings. The summed E-state index contributed by atoms with van der Waals surface area (Å²) in [5.74, 6) is 0.687. The summed E-state index contributed by atoms with van der Waals surface area (Å²) in [4.78, 5) is 17.6. The Morgan fingerprint density at radius 1 is 1.37 bits per heavy atom. The van der Waals surface area contributed by atoms with E-state index in [9.17, 15) is 4.79 Å². The first-order valence-corrected chi connectivity index (χ1v) is 11.0. The van der Waals surface area contributed by atoms with Gasteiger partial charge in [0.25, 0.3) is 5.91 Å². The SMILES string of the molecule is CSc1ncccc1C(=O)NC(c1cccc(C)c1)C12CCCC(CN1)C2. The summed E-state index contributed by atoms with van der Waals surface area (Å²) in [5, 5.41) is 7.96. The Hall–Kier alpha value is -1.85. The molecule has 1 aromatic heterocycles. The number of aromatic nitrogens is 1. The van der Waals surface area contributed by atoms with E-state index in [0.717, 1.165) is 30.3 Å². The lowest BCUT2D eigenvalue weighted by atomic mass is 9.73. The zero-order valence-electron chi connectivity index (χ0n) is 16.0. The molecule has 1 aromatic carbocycles. The molecule has 5 heteroatoms. The van der Waals surface area contributed by atoms with E-state index in [2.05, 4.69) is 46.8 Å². The Balaban J connectivity index is 1.69. The van der Waals surface area contributed by atoms with Crippen molar-refractivity contribution in [3.63, 3.8) is 0 Å². The molecule has 142 valence electrons. The third kappa shape index (κ3) is 3.63. The van der Waals surface area contributed by atoms with Crippen molar-refractivity contribution in [2.24, 2.45) is 5.92 Å². The van der Waals surface area contributed by atoms with Gasteiger partial charge >= 0.3 is 0 Å². The zero-order valence-corrected chi connectivity index (χ0v) is 16.8. The summed E-state index contributed by atoms with van der Waals surface area (Å²) in [7, 11) is 0. The van der Waals surface area contributed by atoms with Crippen LogP contribution in [0.4, 0.5) is 0 Å². The number of pyridine rings is 1. The standard InChI is InChI=1S/C22H27N3OS/c1-15-6-3-8-17(12-15)19(22-10-4-7-16(13-22)14-24-22)25-20(26)18-9-5-11-23-21(18)27-2/h3,5-6,8-9,11-12,16,19,24H,4,7,10,13-14H2,1-2H3,(H,25,26). The fraction of sp³-hybridized carbons (Fsp3) is 0.455. The number of hydrogen-bond donors (Lipinski definition) is 2. The summed E-state index contributed by atoms with van der Waals surface area (Å²) in [5.41, 5.74) is 3.02. The lowest BCUT2D eigenvalue weighted by molar-refractivity contribution is 0.0889. The topological polar surface area (TPSA) is 54.0 Å². The van der Waals surface area contributed by atoms with Crippen molar-refractivity contribution in [2.45, 2.75) is 49.2 Å². The molecule has 2 aromatic rings. The van der Waals surface area contributed by atoms with Crippen LogP contribution in [0.2, 0.25) is 0 Å². The Labute approximate surface area is 165 Å². The highest BCUT2D eigenvalue weighted by molar-refractivity contribution is 7.98. The lowest BCUT2D eigenvalue weighted by Crippen LogP contribution is -2.52. The first kappa shape index (κ1) is 18.5. The van der Waals surface area contributed by atoms with Crippen LogP contribution in [0.3, 0.4) is 0 Å². The van der Waals surface area contributed by atoms with E-state index in [1.165, 1.54) is 35.7 Å². The van der Waals surface area contributed by atoms with Crippen LogP contribution in [-0.2, 0) is 0 Å². The number of aryl methyl sites for hydroxylation is 1. The minimum atomic E-state index is -0.0475. The number of amides is 1. The monoisotopic (exact) mass is 381 g/mol. The van der Waals surface area contributed by atoms with Crippen molar-refractivity contribution in [1.29, 1.82) is 0 Å². The van der Waals surface area contributed by atoms with Gasteiger partial charge in [-0.05, 0) is 62.6 Å². The molecule has 4 nitrogen and oxygen atoms in total. The van der Waals surface area contributed by atoms with Gasteiger partial charge in [-0.15, -0.1) is 11.8 Å². The summed E-state index contributed by atoms with van der Waals surface area (Å²) in [6, 6.07) is 12.2. The molecule has 27 heavy (non-hydrogen) atoms. The van der Waals surface area contributed by atoms with Crippen molar-refractivity contribution in [1.82, 2.24) is 15.6 Å². The number of benzene rings is 1. The maximum absolute atomic E-state index is 13.2. The van der Waals surface area contributed by atoms with Gasteiger partial charge in [-0.3, -0.25) is 4.79 Å². The number of nitrogens with one attached hydrogen (secondary N) is 2. The molecule has 2 bridgehead atoms. The molecule has 2 N–H and O–H groups in total. The summed E-state index contributed by atoms with van der Waals surface area (Å²) in [6.07, 6.45) is 8.45. The maximum Gasteiger partial charge on any atom is 0.254 e. The predicted molar refractivity (Wildman–Crippen MR) is 110 cm³/mol. The zero-order chi connectivity index (χ0) is 18.9. The number of rotatable bonds is 5. The van der Waals surface area contributed by atoms with Gasteiger partial charge in [-0.25, -0.2) is 4.98 Å². The molecule has 0 radical (unpaired) electrons. The van der Waals surface area contributed by atoms with Crippen LogP contribution in [-0.4, -0.2) is 29.2 Å². The summed E-state index contributed by atoms with van der Waals surface area (Å²) < 4.78 is 0. The average Bonchev–Trinajstić information content (AvgIpc) is 3.00. The van der Waals surface area contributed by atoms with E-state index in [0.29, 0.717) is 5.56 Å². The quantitative estimate of drug-likeness (QED) is 0.765. The van der Waals surface area contributed by atoms with Gasteiger partial charge in [-0.2, -0.15) is 0 Å². The number of thioether (sulfide) groups is 1. The maximum atomic E-state index is 13.2. The molecule has 3 unspecified atom stereocenters. The minimum absolute atomic E-state index is 0.0369. The fourth-order valence-electron chi connectivity index (χ4n) is 4.80. The van der Waals surface area contributed by atoms with Gasteiger partial charge in [-0.1, -0.05) is 36.2 Å².